The predicted molar refractivity (Wildman–Crippen MR) is 121 cm³/mol. The lowest BCUT2D eigenvalue weighted by molar-refractivity contribution is -0.132. The maximum Gasteiger partial charge on any atom is 0.301 e. The lowest BCUT2D eigenvalue weighted by Crippen LogP contribution is -2.29. The Morgan fingerprint density at radius 3 is 2.68 bits per heavy atom. The summed E-state index contributed by atoms with van der Waals surface area (Å²) < 4.78 is 5.64. The molecular weight excluding hydrogens is 436 g/mol. The van der Waals surface area contributed by atoms with Gasteiger partial charge in [-0.3, -0.25) is 14.5 Å². The van der Waals surface area contributed by atoms with E-state index in [0.29, 0.717) is 33.6 Å². The second kappa shape index (κ2) is 8.91. The molecule has 1 N–H and O–H groups in total. The molecule has 31 heavy (non-hydrogen) atoms. The smallest absolute Gasteiger partial charge is 0.301 e. The minimum Gasteiger partial charge on any atom is -0.507 e. The van der Waals surface area contributed by atoms with E-state index < -0.39 is 17.7 Å². The van der Waals surface area contributed by atoms with Gasteiger partial charge in [-0.15, -0.1) is 11.3 Å². The van der Waals surface area contributed by atoms with Gasteiger partial charge >= 0.3 is 5.91 Å². The number of anilines is 1. The Labute approximate surface area is 188 Å². The molecule has 2 heterocycles. The molecule has 8 heteroatoms. The summed E-state index contributed by atoms with van der Waals surface area (Å²) in [6.07, 6.45) is 2.40. The second-order valence-corrected chi connectivity index (χ2v) is 8.22. The van der Waals surface area contributed by atoms with Gasteiger partial charge in [-0.2, -0.15) is 0 Å². The van der Waals surface area contributed by atoms with Crippen molar-refractivity contribution in [2.75, 3.05) is 11.5 Å². The molecule has 1 unspecified atom stereocenters. The Morgan fingerprint density at radius 2 is 2.00 bits per heavy atom. The van der Waals surface area contributed by atoms with Crippen molar-refractivity contribution < 1.29 is 19.4 Å². The number of ketones is 1. The van der Waals surface area contributed by atoms with E-state index in [1.807, 2.05) is 6.92 Å². The molecule has 1 fully saturated rings. The average molecular weight is 455 g/mol. The van der Waals surface area contributed by atoms with Crippen molar-refractivity contribution >= 4 is 45.5 Å². The number of thiazole rings is 1. The number of benzene rings is 2. The number of amides is 1. The van der Waals surface area contributed by atoms with Gasteiger partial charge in [-0.25, -0.2) is 4.98 Å². The number of aliphatic hydroxyl groups is 1. The van der Waals surface area contributed by atoms with Crippen molar-refractivity contribution in [1.82, 2.24) is 4.98 Å². The van der Waals surface area contributed by atoms with Crippen molar-refractivity contribution in [3.8, 4) is 5.75 Å². The molecule has 158 valence electrons. The molecule has 2 aromatic carbocycles. The van der Waals surface area contributed by atoms with E-state index in [1.54, 1.807) is 60.1 Å². The average Bonchev–Trinajstić information content (AvgIpc) is 3.39. The maximum atomic E-state index is 13.0. The second-order valence-electron chi connectivity index (χ2n) is 6.91. The zero-order chi connectivity index (χ0) is 22.0. The van der Waals surface area contributed by atoms with Gasteiger partial charge in [-0.05, 0) is 36.2 Å². The third-order valence-corrected chi connectivity index (χ3v) is 5.86. The molecule has 1 aliphatic heterocycles. The van der Waals surface area contributed by atoms with Crippen LogP contribution in [-0.4, -0.2) is 28.4 Å². The third kappa shape index (κ3) is 4.06. The number of carbonyl (C=O) groups is 2. The molecule has 0 spiro atoms. The number of nitrogens with zero attached hydrogens (tertiary/aromatic N) is 2. The quantitative estimate of drug-likeness (QED) is 0.314. The molecule has 1 saturated heterocycles. The van der Waals surface area contributed by atoms with Crippen molar-refractivity contribution in [2.45, 2.75) is 19.4 Å². The third-order valence-electron chi connectivity index (χ3n) is 4.84. The summed E-state index contributed by atoms with van der Waals surface area (Å²) in [6.45, 7) is 2.53. The molecule has 6 nitrogen and oxygen atoms in total. The number of hydrogen-bond donors (Lipinski definition) is 1. The van der Waals surface area contributed by atoms with E-state index >= 15 is 0 Å². The van der Waals surface area contributed by atoms with Crippen LogP contribution >= 0.6 is 22.9 Å². The normalized spacial score (nSPS) is 17.9. The first-order valence-corrected chi connectivity index (χ1v) is 11.0. The topological polar surface area (TPSA) is 79.7 Å². The lowest BCUT2D eigenvalue weighted by atomic mass is 9.95. The zero-order valence-corrected chi connectivity index (χ0v) is 18.2. The first-order valence-electron chi connectivity index (χ1n) is 9.70. The number of aromatic nitrogens is 1. The molecule has 1 atom stereocenters. The van der Waals surface area contributed by atoms with Crippen molar-refractivity contribution in [2.24, 2.45) is 0 Å². The van der Waals surface area contributed by atoms with Gasteiger partial charge in [0.25, 0.3) is 5.78 Å². The summed E-state index contributed by atoms with van der Waals surface area (Å²) in [6, 6.07) is 12.8. The molecule has 0 saturated carbocycles. The molecule has 0 aliphatic carbocycles. The van der Waals surface area contributed by atoms with Crippen LogP contribution in [0.5, 0.6) is 5.75 Å². The molecule has 1 amide bonds. The molecule has 0 bridgehead atoms. The minimum absolute atomic E-state index is 0.00448. The van der Waals surface area contributed by atoms with Crippen molar-refractivity contribution in [3.63, 3.8) is 0 Å². The summed E-state index contributed by atoms with van der Waals surface area (Å²) in [5.41, 5.74) is 1.03. The number of ether oxygens (including phenoxy) is 1. The van der Waals surface area contributed by atoms with Gasteiger partial charge < -0.3 is 9.84 Å². The molecule has 1 aromatic heterocycles. The van der Waals surface area contributed by atoms with Crippen LogP contribution in [0.3, 0.4) is 0 Å². The van der Waals surface area contributed by atoms with Crippen LogP contribution in [0.2, 0.25) is 5.02 Å². The first kappa shape index (κ1) is 21.1. The van der Waals surface area contributed by atoms with Crippen molar-refractivity contribution in [1.29, 1.82) is 0 Å². The molecule has 3 aromatic rings. The Bertz CT molecular complexity index is 1140. The largest absolute Gasteiger partial charge is 0.507 e. The van der Waals surface area contributed by atoms with Crippen LogP contribution in [0.25, 0.3) is 5.76 Å². The molecule has 4 rings (SSSR count). The highest BCUT2D eigenvalue weighted by atomic mass is 35.5. The van der Waals surface area contributed by atoms with Gasteiger partial charge in [0.15, 0.2) is 5.13 Å². The Balaban J connectivity index is 1.86. The number of Topliss-reactive ketones (excluding diaryl/α,β-unsaturated/α-hetero) is 1. The molecular formula is C23H19ClN2O4S. The summed E-state index contributed by atoms with van der Waals surface area (Å²) in [5.74, 6) is -1.20. The van der Waals surface area contributed by atoms with Crippen molar-refractivity contribution in [3.05, 3.63) is 81.8 Å². The fourth-order valence-electron chi connectivity index (χ4n) is 3.43. The predicted octanol–water partition coefficient (Wildman–Crippen LogP) is 5.21. The minimum atomic E-state index is -0.830. The van der Waals surface area contributed by atoms with Gasteiger partial charge in [0.2, 0.25) is 0 Å². The fraction of sp³-hybridized carbons (Fsp3) is 0.174. The van der Waals surface area contributed by atoms with Crippen LogP contribution in [0.4, 0.5) is 5.13 Å². The highest BCUT2D eigenvalue weighted by Gasteiger charge is 2.47. The van der Waals surface area contributed by atoms with E-state index in [-0.39, 0.29) is 11.3 Å². The lowest BCUT2D eigenvalue weighted by Gasteiger charge is -2.23. The number of hydrogen-bond acceptors (Lipinski definition) is 6. The van der Waals surface area contributed by atoms with Gasteiger partial charge in [0.1, 0.15) is 11.5 Å². The molecule has 0 radical (unpaired) electrons. The number of halogens is 1. The van der Waals surface area contributed by atoms with Crippen LogP contribution in [0, 0.1) is 0 Å². The number of aliphatic hydroxyl groups excluding tert-OH is 1. The van der Waals surface area contributed by atoms with Crippen LogP contribution in [-0.2, 0) is 9.59 Å². The number of rotatable bonds is 6. The van der Waals surface area contributed by atoms with E-state index in [9.17, 15) is 14.7 Å². The summed E-state index contributed by atoms with van der Waals surface area (Å²) in [5, 5.41) is 13.8. The maximum absolute atomic E-state index is 13.0. The molecule has 1 aliphatic rings. The fourth-order valence-corrected chi connectivity index (χ4v) is 4.23. The van der Waals surface area contributed by atoms with Crippen LogP contribution < -0.4 is 9.64 Å². The Hall–Kier alpha value is -3.16. The van der Waals surface area contributed by atoms with Crippen LogP contribution in [0.1, 0.15) is 30.5 Å². The van der Waals surface area contributed by atoms with E-state index in [0.717, 1.165) is 6.42 Å². The monoisotopic (exact) mass is 454 g/mol. The zero-order valence-electron chi connectivity index (χ0n) is 16.6. The summed E-state index contributed by atoms with van der Waals surface area (Å²) in [7, 11) is 0. The van der Waals surface area contributed by atoms with E-state index in [2.05, 4.69) is 4.98 Å². The number of carbonyl (C=O) groups excluding carboxylic acids is 2. The highest BCUT2D eigenvalue weighted by Crippen LogP contribution is 2.43. The van der Waals surface area contributed by atoms with Gasteiger partial charge in [0, 0.05) is 22.2 Å². The standard InChI is InChI=1S/C23H19ClN2O4S/c1-2-11-30-17-5-3-4-15(13-17)20(27)18-19(14-6-8-16(24)9-7-14)26(22(29)21(18)28)23-25-10-12-31-23/h3-10,12-13,19,27H,2,11H2,1H3. The van der Waals surface area contributed by atoms with E-state index in [4.69, 9.17) is 16.3 Å². The van der Waals surface area contributed by atoms with E-state index in [1.165, 1.54) is 16.2 Å². The van der Waals surface area contributed by atoms with Crippen LogP contribution in [0.15, 0.2) is 65.7 Å². The van der Waals surface area contributed by atoms with Gasteiger partial charge in [0.05, 0.1) is 18.2 Å². The Kier molecular flexibility index (Phi) is 6.06. The SMILES string of the molecule is CCCOc1cccc(C(O)=C2C(=O)C(=O)N(c3nccs3)C2c2ccc(Cl)cc2)c1. The Morgan fingerprint density at radius 1 is 1.23 bits per heavy atom. The highest BCUT2D eigenvalue weighted by molar-refractivity contribution is 7.14. The van der Waals surface area contributed by atoms with Gasteiger partial charge in [-0.1, -0.05) is 42.8 Å². The summed E-state index contributed by atoms with van der Waals surface area (Å²) >= 11 is 7.27. The first-order chi connectivity index (χ1) is 15.0. The summed E-state index contributed by atoms with van der Waals surface area (Å²) in [4.78, 5) is 31.5.